The Kier molecular flexibility index (Phi) is 7.56. The van der Waals surface area contributed by atoms with Gasteiger partial charge in [-0.2, -0.15) is 5.10 Å². The van der Waals surface area contributed by atoms with Gasteiger partial charge in [0.2, 0.25) is 0 Å². The summed E-state index contributed by atoms with van der Waals surface area (Å²) in [6.07, 6.45) is 6.97. The van der Waals surface area contributed by atoms with Crippen LogP contribution in [0.1, 0.15) is 57.2 Å². The molecule has 0 saturated carbocycles. The quantitative estimate of drug-likeness (QED) is 0.437. The zero-order chi connectivity index (χ0) is 26.6. The normalized spacial score (nSPS) is 15.7. The van der Waals surface area contributed by atoms with Crippen molar-refractivity contribution in [1.29, 1.82) is 0 Å². The van der Waals surface area contributed by atoms with E-state index in [1.165, 1.54) is 6.20 Å². The number of pyridine rings is 1. The molecule has 0 radical (unpaired) electrons. The van der Waals surface area contributed by atoms with Crippen molar-refractivity contribution in [3.63, 3.8) is 0 Å². The summed E-state index contributed by atoms with van der Waals surface area (Å²) < 4.78 is 5.25. The number of H-pyrrole nitrogens is 1. The minimum Gasteiger partial charge on any atom is -0.444 e. The summed E-state index contributed by atoms with van der Waals surface area (Å²) in [7, 11) is 0. The van der Waals surface area contributed by atoms with Crippen molar-refractivity contribution in [2.75, 3.05) is 17.2 Å². The van der Waals surface area contributed by atoms with Gasteiger partial charge in [0.25, 0.3) is 0 Å². The highest BCUT2D eigenvalue weighted by Crippen LogP contribution is 2.32. The van der Waals surface area contributed by atoms with Crippen LogP contribution in [0.5, 0.6) is 0 Å². The Bertz CT molecular complexity index is 1270. The SMILES string of the molecule is Cc1cc(NC(=O)C(=O)N2CCCC[C@H]2c2ccc(-c3cn[nH]c3)cc2)cnc1NC(=O)OC(C)(C)C. The maximum Gasteiger partial charge on any atom is 0.413 e. The Labute approximate surface area is 215 Å². The van der Waals surface area contributed by atoms with E-state index in [9.17, 15) is 14.4 Å². The predicted molar refractivity (Wildman–Crippen MR) is 140 cm³/mol. The van der Waals surface area contributed by atoms with Gasteiger partial charge < -0.3 is 15.0 Å². The largest absolute Gasteiger partial charge is 0.444 e. The van der Waals surface area contributed by atoms with E-state index in [0.717, 1.165) is 36.0 Å². The predicted octanol–water partition coefficient (Wildman–Crippen LogP) is 4.82. The third-order valence-corrected chi connectivity index (χ3v) is 6.04. The molecule has 1 atom stereocenters. The van der Waals surface area contributed by atoms with Gasteiger partial charge in [0.1, 0.15) is 11.4 Å². The van der Waals surface area contributed by atoms with Crippen molar-refractivity contribution in [1.82, 2.24) is 20.1 Å². The van der Waals surface area contributed by atoms with Crippen LogP contribution >= 0.6 is 0 Å². The molecule has 10 nitrogen and oxygen atoms in total. The van der Waals surface area contributed by atoms with E-state index in [2.05, 4.69) is 25.8 Å². The van der Waals surface area contributed by atoms with Crippen LogP contribution < -0.4 is 10.6 Å². The summed E-state index contributed by atoms with van der Waals surface area (Å²) in [5.74, 6) is -0.998. The zero-order valence-electron chi connectivity index (χ0n) is 21.5. The minimum absolute atomic E-state index is 0.175. The third-order valence-electron chi connectivity index (χ3n) is 6.04. The maximum absolute atomic E-state index is 13.2. The van der Waals surface area contributed by atoms with E-state index in [-0.39, 0.29) is 6.04 Å². The Morgan fingerprint density at radius 3 is 2.46 bits per heavy atom. The molecule has 3 aromatic rings. The van der Waals surface area contributed by atoms with Crippen molar-refractivity contribution >= 4 is 29.4 Å². The highest BCUT2D eigenvalue weighted by molar-refractivity contribution is 6.39. The number of benzene rings is 1. The number of amides is 3. The number of aromatic amines is 1. The van der Waals surface area contributed by atoms with Crippen LogP contribution in [-0.4, -0.2) is 50.1 Å². The molecular formula is C27H32N6O4. The number of carbonyl (C=O) groups excluding carboxylic acids is 3. The molecule has 194 valence electrons. The van der Waals surface area contributed by atoms with Gasteiger partial charge in [-0.25, -0.2) is 9.78 Å². The number of aromatic nitrogens is 3. The first kappa shape index (κ1) is 25.9. The number of ether oxygens (including phenoxy) is 1. The minimum atomic E-state index is -0.726. The number of nitrogens with zero attached hydrogens (tertiary/aromatic N) is 3. The Balaban J connectivity index is 1.42. The van der Waals surface area contributed by atoms with Gasteiger partial charge in [0.05, 0.1) is 24.1 Å². The first-order valence-electron chi connectivity index (χ1n) is 12.3. The van der Waals surface area contributed by atoms with Crippen LogP contribution in [0.3, 0.4) is 0 Å². The lowest BCUT2D eigenvalue weighted by atomic mass is 9.94. The third kappa shape index (κ3) is 6.52. The molecule has 0 aliphatic carbocycles. The molecule has 0 bridgehead atoms. The molecule has 0 unspecified atom stereocenters. The van der Waals surface area contributed by atoms with Gasteiger partial charge in [0, 0.05) is 18.3 Å². The second-order valence-corrected chi connectivity index (χ2v) is 10.1. The topological polar surface area (TPSA) is 129 Å². The van der Waals surface area contributed by atoms with Crippen LogP contribution in [0.4, 0.5) is 16.3 Å². The van der Waals surface area contributed by atoms with Crippen LogP contribution in [0.15, 0.2) is 48.9 Å². The summed E-state index contributed by atoms with van der Waals surface area (Å²) in [6, 6.07) is 9.47. The fourth-order valence-corrected chi connectivity index (χ4v) is 4.32. The molecular weight excluding hydrogens is 472 g/mol. The van der Waals surface area contributed by atoms with E-state index in [1.807, 2.05) is 30.5 Å². The van der Waals surface area contributed by atoms with Crippen LogP contribution in [-0.2, 0) is 14.3 Å². The number of nitrogens with one attached hydrogen (secondary N) is 3. The number of likely N-dealkylation sites (tertiary alicyclic amines) is 1. The second-order valence-electron chi connectivity index (χ2n) is 10.1. The van der Waals surface area contributed by atoms with E-state index in [4.69, 9.17) is 4.74 Å². The van der Waals surface area contributed by atoms with Crippen molar-refractivity contribution in [2.24, 2.45) is 0 Å². The van der Waals surface area contributed by atoms with E-state index in [0.29, 0.717) is 23.6 Å². The fourth-order valence-electron chi connectivity index (χ4n) is 4.32. The van der Waals surface area contributed by atoms with Crippen molar-refractivity contribution in [3.05, 3.63) is 60.0 Å². The van der Waals surface area contributed by atoms with E-state index >= 15 is 0 Å². The average molecular weight is 505 g/mol. The molecule has 0 spiro atoms. The van der Waals surface area contributed by atoms with Gasteiger partial charge in [-0.05, 0) is 69.7 Å². The highest BCUT2D eigenvalue weighted by Gasteiger charge is 2.32. The number of piperidine rings is 1. The molecule has 1 aromatic carbocycles. The lowest BCUT2D eigenvalue weighted by Gasteiger charge is -2.35. The highest BCUT2D eigenvalue weighted by atomic mass is 16.6. The Morgan fingerprint density at radius 1 is 1.05 bits per heavy atom. The number of aryl methyl sites for hydroxylation is 1. The number of hydrogen-bond acceptors (Lipinski definition) is 6. The monoisotopic (exact) mass is 504 g/mol. The van der Waals surface area contributed by atoms with Gasteiger partial charge in [-0.1, -0.05) is 24.3 Å². The zero-order valence-corrected chi connectivity index (χ0v) is 21.5. The number of hydrogen-bond donors (Lipinski definition) is 3. The molecule has 37 heavy (non-hydrogen) atoms. The fraction of sp³-hybridized carbons (Fsp3) is 0.370. The summed E-state index contributed by atoms with van der Waals surface area (Å²) in [5.41, 5.74) is 3.34. The standard InChI is InChI=1S/C27H32N6O4/c1-17-13-21(16-28-23(17)32-26(36)37-27(2,3)4)31-24(34)25(35)33-12-6-5-7-22(33)19-10-8-18(9-11-19)20-14-29-30-15-20/h8-11,13-16,22H,5-7,12H2,1-4H3,(H,29,30)(H,31,34)(H,28,32,36)/t22-/m0/s1. The van der Waals surface area contributed by atoms with Crippen molar-refractivity contribution in [2.45, 2.75) is 58.6 Å². The van der Waals surface area contributed by atoms with E-state index in [1.54, 1.807) is 44.9 Å². The van der Waals surface area contributed by atoms with Gasteiger partial charge in [-0.3, -0.25) is 20.0 Å². The van der Waals surface area contributed by atoms with Gasteiger partial charge in [-0.15, -0.1) is 0 Å². The second kappa shape index (κ2) is 10.8. The molecule has 3 amide bonds. The first-order chi connectivity index (χ1) is 17.6. The summed E-state index contributed by atoms with van der Waals surface area (Å²) in [4.78, 5) is 44.0. The lowest BCUT2D eigenvalue weighted by molar-refractivity contribution is -0.145. The number of anilines is 2. The van der Waals surface area contributed by atoms with E-state index < -0.39 is 23.5 Å². The molecule has 2 aromatic heterocycles. The molecule has 3 heterocycles. The molecule has 1 saturated heterocycles. The van der Waals surface area contributed by atoms with Crippen LogP contribution in [0.25, 0.3) is 11.1 Å². The average Bonchev–Trinajstić information content (AvgIpc) is 3.39. The molecule has 4 rings (SSSR count). The van der Waals surface area contributed by atoms with Crippen LogP contribution in [0.2, 0.25) is 0 Å². The van der Waals surface area contributed by atoms with Gasteiger partial charge in [0.15, 0.2) is 0 Å². The molecule has 10 heteroatoms. The molecule has 1 fully saturated rings. The summed E-state index contributed by atoms with van der Waals surface area (Å²) >= 11 is 0. The summed E-state index contributed by atoms with van der Waals surface area (Å²) in [5, 5.41) is 12.0. The van der Waals surface area contributed by atoms with Gasteiger partial charge >= 0.3 is 17.9 Å². The lowest BCUT2D eigenvalue weighted by Crippen LogP contribution is -2.44. The number of rotatable bonds is 4. The molecule has 1 aliphatic rings. The maximum atomic E-state index is 13.2. The summed E-state index contributed by atoms with van der Waals surface area (Å²) in [6.45, 7) is 7.56. The molecule has 1 aliphatic heterocycles. The smallest absolute Gasteiger partial charge is 0.413 e. The van der Waals surface area contributed by atoms with Crippen LogP contribution in [0, 0.1) is 6.92 Å². The van der Waals surface area contributed by atoms with Crippen molar-refractivity contribution in [3.8, 4) is 11.1 Å². The number of carbonyl (C=O) groups is 3. The molecule has 3 N–H and O–H groups in total. The Morgan fingerprint density at radius 2 is 1.81 bits per heavy atom. The Hall–Kier alpha value is -4.21. The van der Waals surface area contributed by atoms with Crippen molar-refractivity contribution < 1.29 is 19.1 Å². The first-order valence-corrected chi connectivity index (χ1v) is 12.3.